The number of nitrogens with one attached hydrogen (secondary N) is 1. The molecule has 1 N–H and O–H groups in total. The zero-order chi connectivity index (χ0) is 25.3. The standard InChI is InChI=1S/C30H35N3O3/c1-5-7-9-14-23(6-2)36-29-18-24-25(19-28(29)35-4)31-20-32-30(24)33-26-17-22(15-16-27(26)34-3)21-12-10-8-11-13-21/h8,10-13,15-20,23H,5-7,9,14H2,1-4H3,(H,31,32,33). The van der Waals surface area contributed by atoms with E-state index in [-0.39, 0.29) is 6.10 Å². The van der Waals surface area contributed by atoms with Crippen molar-refractivity contribution in [1.82, 2.24) is 9.97 Å². The minimum Gasteiger partial charge on any atom is -0.495 e. The highest BCUT2D eigenvalue weighted by Gasteiger charge is 2.17. The van der Waals surface area contributed by atoms with Crippen molar-refractivity contribution in [3.8, 4) is 28.4 Å². The van der Waals surface area contributed by atoms with E-state index < -0.39 is 0 Å². The molecule has 0 saturated carbocycles. The molecule has 188 valence electrons. The molecular weight excluding hydrogens is 450 g/mol. The van der Waals surface area contributed by atoms with Gasteiger partial charge in [0, 0.05) is 11.5 Å². The monoisotopic (exact) mass is 485 g/mol. The first kappa shape index (κ1) is 25.3. The minimum absolute atomic E-state index is 0.131. The quantitative estimate of drug-likeness (QED) is 0.207. The number of hydrogen-bond donors (Lipinski definition) is 1. The zero-order valence-corrected chi connectivity index (χ0v) is 21.6. The maximum Gasteiger partial charge on any atom is 0.162 e. The largest absolute Gasteiger partial charge is 0.495 e. The SMILES string of the molecule is CCCCCC(CC)Oc1cc2c(Nc3cc(-c4ccccc4)ccc3OC)ncnc2cc1OC. The average molecular weight is 486 g/mol. The van der Waals surface area contributed by atoms with Gasteiger partial charge in [0.2, 0.25) is 0 Å². The number of aromatic nitrogens is 2. The Hall–Kier alpha value is -3.80. The molecule has 0 aliphatic heterocycles. The van der Waals surface area contributed by atoms with Crippen LogP contribution in [0.2, 0.25) is 0 Å². The summed E-state index contributed by atoms with van der Waals surface area (Å²) in [6, 6.07) is 20.2. The van der Waals surface area contributed by atoms with Crippen LogP contribution in [0.5, 0.6) is 17.2 Å². The van der Waals surface area contributed by atoms with Gasteiger partial charge in [-0.15, -0.1) is 0 Å². The van der Waals surface area contributed by atoms with Crippen LogP contribution in [0.15, 0.2) is 67.0 Å². The average Bonchev–Trinajstić information content (AvgIpc) is 2.93. The molecule has 4 aromatic rings. The van der Waals surface area contributed by atoms with Crippen molar-refractivity contribution in [1.29, 1.82) is 0 Å². The van der Waals surface area contributed by atoms with Crippen molar-refractivity contribution in [2.75, 3.05) is 19.5 Å². The molecule has 3 aromatic carbocycles. The first-order chi connectivity index (χ1) is 17.7. The fourth-order valence-electron chi connectivity index (χ4n) is 4.31. The van der Waals surface area contributed by atoms with Gasteiger partial charge >= 0.3 is 0 Å². The molecule has 0 spiro atoms. The summed E-state index contributed by atoms with van der Waals surface area (Å²) < 4.78 is 17.7. The molecule has 6 heteroatoms. The number of benzene rings is 3. The summed E-state index contributed by atoms with van der Waals surface area (Å²) >= 11 is 0. The molecule has 4 rings (SSSR count). The van der Waals surface area contributed by atoms with Crippen LogP contribution in [0.1, 0.15) is 46.0 Å². The molecule has 6 nitrogen and oxygen atoms in total. The van der Waals surface area contributed by atoms with Crippen molar-refractivity contribution in [2.45, 2.75) is 52.1 Å². The van der Waals surface area contributed by atoms with Crippen molar-refractivity contribution in [3.63, 3.8) is 0 Å². The second-order valence-corrected chi connectivity index (χ2v) is 8.79. The molecule has 0 bridgehead atoms. The molecule has 1 atom stereocenters. The third-order valence-corrected chi connectivity index (χ3v) is 6.36. The second kappa shape index (κ2) is 12.2. The number of anilines is 2. The third kappa shape index (κ3) is 5.88. The van der Waals surface area contributed by atoms with Crippen LogP contribution in [0.25, 0.3) is 22.0 Å². The van der Waals surface area contributed by atoms with Gasteiger partial charge in [-0.05, 0) is 48.6 Å². The summed E-state index contributed by atoms with van der Waals surface area (Å²) in [4.78, 5) is 9.05. The Morgan fingerprint density at radius 3 is 2.33 bits per heavy atom. The van der Waals surface area contributed by atoms with Crippen LogP contribution in [-0.4, -0.2) is 30.3 Å². The van der Waals surface area contributed by atoms with Gasteiger partial charge in [-0.2, -0.15) is 0 Å². The molecule has 1 aromatic heterocycles. The van der Waals surface area contributed by atoms with E-state index in [2.05, 4.69) is 53.4 Å². The fourth-order valence-corrected chi connectivity index (χ4v) is 4.31. The van der Waals surface area contributed by atoms with E-state index in [0.717, 1.165) is 52.7 Å². The summed E-state index contributed by atoms with van der Waals surface area (Å²) in [6.07, 6.45) is 7.19. The maximum absolute atomic E-state index is 6.43. The molecule has 36 heavy (non-hydrogen) atoms. The highest BCUT2D eigenvalue weighted by atomic mass is 16.5. The number of hydrogen-bond acceptors (Lipinski definition) is 6. The fraction of sp³-hybridized carbons (Fsp3) is 0.333. The number of fused-ring (bicyclic) bond motifs is 1. The number of ether oxygens (including phenoxy) is 3. The lowest BCUT2D eigenvalue weighted by Crippen LogP contribution is -2.15. The Balaban J connectivity index is 1.70. The van der Waals surface area contributed by atoms with E-state index in [1.807, 2.05) is 36.4 Å². The van der Waals surface area contributed by atoms with Gasteiger partial charge in [0.1, 0.15) is 17.9 Å². The number of methoxy groups -OCH3 is 2. The van der Waals surface area contributed by atoms with Gasteiger partial charge < -0.3 is 19.5 Å². The molecular formula is C30H35N3O3. The Morgan fingerprint density at radius 2 is 1.61 bits per heavy atom. The number of nitrogens with zero attached hydrogens (tertiary/aromatic N) is 2. The molecule has 1 unspecified atom stereocenters. The van der Waals surface area contributed by atoms with E-state index >= 15 is 0 Å². The van der Waals surface area contributed by atoms with Crippen LogP contribution >= 0.6 is 0 Å². The Kier molecular flexibility index (Phi) is 8.61. The van der Waals surface area contributed by atoms with Crippen molar-refractivity contribution < 1.29 is 14.2 Å². The van der Waals surface area contributed by atoms with Crippen LogP contribution < -0.4 is 19.5 Å². The van der Waals surface area contributed by atoms with Gasteiger partial charge in [0.15, 0.2) is 11.5 Å². The van der Waals surface area contributed by atoms with Gasteiger partial charge in [-0.25, -0.2) is 9.97 Å². The predicted octanol–water partition coefficient (Wildman–Crippen LogP) is 7.80. The van der Waals surface area contributed by atoms with Gasteiger partial charge in [0.05, 0.1) is 31.5 Å². The Morgan fingerprint density at radius 1 is 0.806 bits per heavy atom. The second-order valence-electron chi connectivity index (χ2n) is 8.79. The molecule has 0 aliphatic carbocycles. The van der Waals surface area contributed by atoms with E-state index in [1.54, 1.807) is 20.5 Å². The molecule has 0 aliphatic rings. The zero-order valence-electron chi connectivity index (χ0n) is 21.6. The summed E-state index contributed by atoms with van der Waals surface area (Å²) in [5.74, 6) is 2.78. The van der Waals surface area contributed by atoms with Gasteiger partial charge in [-0.1, -0.05) is 63.1 Å². The van der Waals surface area contributed by atoms with E-state index in [9.17, 15) is 0 Å². The van der Waals surface area contributed by atoms with Crippen molar-refractivity contribution in [2.24, 2.45) is 0 Å². The summed E-state index contributed by atoms with van der Waals surface area (Å²) in [5, 5.41) is 4.33. The lowest BCUT2D eigenvalue weighted by atomic mass is 10.0. The van der Waals surface area contributed by atoms with E-state index in [0.29, 0.717) is 17.3 Å². The van der Waals surface area contributed by atoms with E-state index in [4.69, 9.17) is 14.2 Å². The lowest BCUT2D eigenvalue weighted by Gasteiger charge is -2.20. The molecule has 1 heterocycles. The predicted molar refractivity (Wildman–Crippen MR) is 147 cm³/mol. The highest BCUT2D eigenvalue weighted by molar-refractivity contribution is 5.93. The Bertz CT molecular complexity index is 1280. The minimum atomic E-state index is 0.131. The van der Waals surface area contributed by atoms with Crippen molar-refractivity contribution >= 4 is 22.4 Å². The summed E-state index contributed by atoms with van der Waals surface area (Å²) in [6.45, 7) is 4.37. The van der Waals surface area contributed by atoms with Gasteiger partial charge in [0.25, 0.3) is 0 Å². The lowest BCUT2D eigenvalue weighted by molar-refractivity contribution is 0.176. The van der Waals surface area contributed by atoms with E-state index in [1.165, 1.54) is 12.8 Å². The first-order valence-corrected chi connectivity index (χ1v) is 12.7. The Labute approximate surface area is 213 Å². The smallest absolute Gasteiger partial charge is 0.162 e. The summed E-state index contributed by atoms with van der Waals surface area (Å²) in [7, 11) is 3.33. The topological polar surface area (TPSA) is 65.5 Å². The first-order valence-electron chi connectivity index (χ1n) is 12.7. The van der Waals surface area contributed by atoms with Crippen molar-refractivity contribution in [3.05, 3.63) is 67.0 Å². The van der Waals surface area contributed by atoms with Crippen LogP contribution in [0, 0.1) is 0 Å². The number of rotatable bonds is 12. The number of unbranched alkanes of at least 4 members (excludes halogenated alkanes) is 2. The van der Waals surface area contributed by atoms with Crippen LogP contribution in [-0.2, 0) is 0 Å². The van der Waals surface area contributed by atoms with Gasteiger partial charge in [-0.3, -0.25) is 0 Å². The highest BCUT2D eigenvalue weighted by Crippen LogP contribution is 2.38. The van der Waals surface area contributed by atoms with Crippen LogP contribution in [0.4, 0.5) is 11.5 Å². The maximum atomic E-state index is 6.43. The molecule has 0 fully saturated rings. The van der Waals surface area contributed by atoms with Crippen LogP contribution in [0.3, 0.4) is 0 Å². The summed E-state index contributed by atoms with van der Waals surface area (Å²) in [5.41, 5.74) is 3.81. The molecule has 0 radical (unpaired) electrons. The third-order valence-electron chi connectivity index (χ3n) is 6.36. The molecule has 0 saturated heterocycles. The normalized spacial score (nSPS) is 11.8. The molecule has 0 amide bonds.